The summed E-state index contributed by atoms with van der Waals surface area (Å²) in [6.07, 6.45) is -0.976. The Morgan fingerprint density at radius 2 is 1.65 bits per heavy atom. The number of imide groups is 1. The van der Waals surface area contributed by atoms with Gasteiger partial charge in [0.05, 0.1) is 17.4 Å². The van der Waals surface area contributed by atoms with E-state index in [9.17, 15) is 14.7 Å². The average Bonchev–Trinajstić information content (AvgIpc) is 3.27. The first-order valence-corrected chi connectivity index (χ1v) is 10.7. The van der Waals surface area contributed by atoms with Crippen LogP contribution in [0.1, 0.15) is 17.2 Å². The molecule has 7 heteroatoms. The molecule has 0 aliphatic carbocycles. The number of aromatic hydroxyl groups is 1. The summed E-state index contributed by atoms with van der Waals surface area (Å²) in [5.74, 6) is -1.50. The lowest BCUT2D eigenvalue weighted by Gasteiger charge is -2.29. The van der Waals surface area contributed by atoms with Gasteiger partial charge in [0.1, 0.15) is 11.7 Å². The second kappa shape index (κ2) is 7.51. The van der Waals surface area contributed by atoms with E-state index in [1.54, 1.807) is 35.4 Å². The summed E-state index contributed by atoms with van der Waals surface area (Å²) < 4.78 is 0.754. The Bertz CT molecular complexity index is 1180. The molecule has 3 aromatic rings. The van der Waals surface area contributed by atoms with Crippen LogP contribution in [0, 0.1) is 12.8 Å². The first-order chi connectivity index (χ1) is 15.0. The summed E-state index contributed by atoms with van der Waals surface area (Å²) in [6, 6.07) is 20.9. The molecule has 0 spiro atoms. The van der Waals surface area contributed by atoms with E-state index in [0.717, 1.165) is 10.0 Å². The third-order valence-corrected chi connectivity index (χ3v) is 6.28. The molecule has 2 aliphatic heterocycles. The molecule has 2 amide bonds. The lowest BCUT2D eigenvalue weighted by molar-refractivity contribution is -0.126. The van der Waals surface area contributed by atoms with Crippen molar-refractivity contribution in [3.05, 3.63) is 88.4 Å². The number of aryl methyl sites for hydroxylation is 1. The molecule has 0 bridgehead atoms. The number of phenolic OH excluding ortho intramolecular Hbond substituents is 1. The van der Waals surface area contributed by atoms with Crippen LogP contribution in [0.2, 0.25) is 0 Å². The fourth-order valence-corrected chi connectivity index (χ4v) is 4.72. The summed E-state index contributed by atoms with van der Waals surface area (Å²) in [5, 5.41) is 12.2. The molecule has 156 valence electrons. The molecule has 0 saturated carbocycles. The maximum absolute atomic E-state index is 13.6. The minimum atomic E-state index is -0.976. The normalized spacial score (nSPS) is 22.8. The van der Waals surface area contributed by atoms with Gasteiger partial charge in [-0.1, -0.05) is 52.3 Å². The summed E-state index contributed by atoms with van der Waals surface area (Å²) in [5.41, 5.74) is 2.59. The van der Waals surface area contributed by atoms with E-state index in [-0.39, 0.29) is 11.7 Å². The summed E-state index contributed by atoms with van der Waals surface area (Å²) >= 11 is 3.44. The topological polar surface area (TPSA) is 70.1 Å². The van der Waals surface area contributed by atoms with Crippen LogP contribution in [0.4, 0.5) is 11.4 Å². The third kappa shape index (κ3) is 3.12. The van der Waals surface area contributed by atoms with Gasteiger partial charge in [-0.25, -0.2) is 9.96 Å². The maximum Gasteiger partial charge on any atom is 0.266 e. The number of hydrogen-bond acceptors (Lipinski definition) is 5. The molecule has 3 aromatic carbocycles. The highest BCUT2D eigenvalue weighted by Gasteiger charge is 2.60. The fraction of sp³-hybridized carbons (Fsp3) is 0.167. The highest BCUT2D eigenvalue weighted by atomic mass is 79.9. The van der Waals surface area contributed by atoms with Crippen LogP contribution in [0.15, 0.2) is 77.3 Å². The van der Waals surface area contributed by atoms with Gasteiger partial charge in [-0.05, 0) is 48.9 Å². The third-order valence-electron chi connectivity index (χ3n) is 5.79. The Morgan fingerprint density at radius 3 is 2.39 bits per heavy atom. The van der Waals surface area contributed by atoms with Crippen molar-refractivity contribution in [3.63, 3.8) is 0 Å². The first kappa shape index (κ1) is 19.8. The van der Waals surface area contributed by atoms with Gasteiger partial charge in [0.2, 0.25) is 5.91 Å². The van der Waals surface area contributed by atoms with Gasteiger partial charge in [0.25, 0.3) is 5.91 Å². The number of rotatable bonds is 3. The van der Waals surface area contributed by atoms with Crippen molar-refractivity contribution < 1.29 is 19.5 Å². The molecule has 0 aromatic heterocycles. The molecular formula is C24H19BrN2O4. The molecule has 2 aliphatic rings. The van der Waals surface area contributed by atoms with Crippen molar-refractivity contribution in [1.82, 2.24) is 0 Å². The van der Waals surface area contributed by atoms with Gasteiger partial charge in [-0.15, -0.1) is 0 Å². The molecule has 3 atom stereocenters. The van der Waals surface area contributed by atoms with Crippen LogP contribution in [-0.4, -0.2) is 23.0 Å². The molecule has 0 radical (unpaired) electrons. The fourth-order valence-electron chi connectivity index (χ4n) is 4.34. The average molecular weight is 479 g/mol. The van der Waals surface area contributed by atoms with Crippen LogP contribution >= 0.6 is 15.9 Å². The Labute approximate surface area is 187 Å². The highest BCUT2D eigenvalue weighted by molar-refractivity contribution is 9.10. The largest absolute Gasteiger partial charge is 0.508 e. The summed E-state index contributed by atoms with van der Waals surface area (Å²) in [6.45, 7) is 1.86. The minimum Gasteiger partial charge on any atom is -0.508 e. The zero-order valence-electron chi connectivity index (χ0n) is 16.6. The SMILES string of the molecule is Cc1ccccc1N1C(=O)[C@H]2[C@@H](ON(c3ccccc3)[C@H]2c2cc(Br)ccc2O)C1=O. The van der Waals surface area contributed by atoms with Crippen LogP contribution < -0.4 is 9.96 Å². The quantitative estimate of drug-likeness (QED) is 0.560. The minimum absolute atomic E-state index is 0.0352. The van der Waals surface area contributed by atoms with E-state index >= 15 is 0 Å². The zero-order valence-corrected chi connectivity index (χ0v) is 18.2. The molecule has 0 unspecified atom stereocenters. The van der Waals surface area contributed by atoms with E-state index < -0.39 is 24.0 Å². The number of anilines is 2. The van der Waals surface area contributed by atoms with E-state index in [1.807, 2.05) is 49.4 Å². The predicted molar refractivity (Wildman–Crippen MR) is 120 cm³/mol. The van der Waals surface area contributed by atoms with Crippen LogP contribution in [0.5, 0.6) is 5.75 Å². The van der Waals surface area contributed by atoms with Crippen molar-refractivity contribution in [2.24, 2.45) is 5.92 Å². The Hall–Kier alpha value is -3.16. The van der Waals surface area contributed by atoms with Crippen LogP contribution in [0.25, 0.3) is 0 Å². The number of hydrogen-bond donors (Lipinski definition) is 1. The molecule has 2 heterocycles. The van der Waals surface area contributed by atoms with Gasteiger partial charge in [-0.3, -0.25) is 14.4 Å². The smallest absolute Gasteiger partial charge is 0.266 e. The molecule has 2 fully saturated rings. The van der Waals surface area contributed by atoms with Gasteiger partial charge < -0.3 is 5.11 Å². The summed E-state index contributed by atoms with van der Waals surface area (Å²) in [4.78, 5) is 34.3. The van der Waals surface area contributed by atoms with Gasteiger partial charge in [-0.2, -0.15) is 0 Å². The number of phenols is 1. The second-order valence-corrected chi connectivity index (χ2v) is 8.58. The van der Waals surface area contributed by atoms with Gasteiger partial charge >= 0.3 is 0 Å². The van der Waals surface area contributed by atoms with E-state index in [0.29, 0.717) is 16.9 Å². The second-order valence-electron chi connectivity index (χ2n) is 7.66. The Morgan fingerprint density at radius 1 is 0.935 bits per heavy atom. The highest BCUT2D eigenvalue weighted by Crippen LogP contribution is 2.49. The van der Waals surface area contributed by atoms with Crippen molar-refractivity contribution >= 4 is 39.1 Å². The standard InChI is InChI=1S/C24H19BrN2O4/c1-14-7-5-6-10-18(14)26-23(29)20-21(17-13-15(25)11-12-19(17)28)27(31-22(20)24(26)30)16-8-3-2-4-9-16/h2-13,20-22,28H,1H3/t20-,21+,22-/m1/s1. The first-order valence-electron chi connectivity index (χ1n) is 9.90. The van der Waals surface area contributed by atoms with Gasteiger partial charge in [0.15, 0.2) is 6.10 Å². The monoisotopic (exact) mass is 478 g/mol. The molecule has 31 heavy (non-hydrogen) atoms. The number of benzene rings is 3. The molecule has 5 rings (SSSR count). The number of nitrogens with zero attached hydrogens (tertiary/aromatic N) is 2. The summed E-state index contributed by atoms with van der Waals surface area (Å²) in [7, 11) is 0. The number of carbonyl (C=O) groups is 2. The molecule has 6 nitrogen and oxygen atoms in total. The number of hydroxylamine groups is 1. The van der Waals surface area contributed by atoms with Crippen LogP contribution in [-0.2, 0) is 14.4 Å². The number of amides is 2. The number of para-hydroxylation sites is 2. The molecular weight excluding hydrogens is 460 g/mol. The molecule has 1 N–H and O–H groups in total. The van der Waals surface area contributed by atoms with Gasteiger partial charge in [0, 0.05) is 10.0 Å². The lowest BCUT2D eigenvalue weighted by atomic mass is 9.90. The van der Waals surface area contributed by atoms with Crippen molar-refractivity contribution in [2.45, 2.75) is 19.1 Å². The van der Waals surface area contributed by atoms with Crippen LogP contribution in [0.3, 0.4) is 0 Å². The van der Waals surface area contributed by atoms with E-state index in [4.69, 9.17) is 4.84 Å². The van der Waals surface area contributed by atoms with E-state index in [1.165, 1.54) is 4.90 Å². The van der Waals surface area contributed by atoms with Crippen molar-refractivity contribution in [3.8, 4) is 5.75 Å². The predicted octanol–water partition coefficient (Wildman–Crippen LogP) is 4.51. The van der Waals surface area contributed by atoms with Crippen molar-refractivity contribution in [2.75, 3.05) is 9.96 Å². The Kier molecular flexibility index (Phi) is 4.79. The lowest BCUT2D eigenvalue weighted by Crippen LogP contribution is -2.37. The number of halogens is 1. The number of fused-ring (bicyclic) bond motifs is 1. The van der Waals surface area contributed by atoms with E-state index in [2.05, 4.69) is 15.9 Å². The molecule has 2 saturated heterocycles. The Balaban J connectivity index is 1.64. The zero-order chi connectivity index (χ0) is 21.7. The maximum atomic E-state index is 13.6. The van der Waals surface area contributed by atoms with Crippen molar-refractivity contribution in [1.29, 1.82) is 0 Å². The number of carbonyl (C=O) groups excluding carboxylic acids is 2.